The predicted molar refractivity (Wildman–Crippen MR) is 117 cm³/mol. The van der Waals surface area contributed by atoms with Gasteiger partial charge in [0.2, 0.25) is 0 Å². The molecular formula is C22H29N3O2S. The molecule has 2 heterocycles. The first-order valence-corrected chi connectivity index (χ1v) is 10.2. The lowest BCUT2D eigenvalue weighted by atomic mass is 9.83. The minimum absolute atomic E-state index is 0.0847. The fourth-order valence-electron chi connectivity index (χ4n) is 3.92. The highest BCUT2D eigenvalue weighted by atomic mass is 32.1. The number of benzene rings is 1. The Morgan fingerprint density at radius 3 is 2.54 bits per heavy atom. The van der Waals surface area contributed by atoms with Gasteiger partial charge in [0.25, 0.3) is 5.91 Å². The summed E-state index contributed by atoms with van der Waals surface area (Å²) in [7, 11) is 2.07. The molecule has 5 nitrogen and oxygen atoms in total. The summed E-state index contributed by atoms with van der Waals surface area (Å²) >= 11 is 5.52. The second kappa shape index (κ2) is 8.05. The topological polar surface area (TPSA) is 36.0 Å². The van der Waals surface area contributed by atoms with E-state index in [-0.39, 0.29) is 17.9 Å². The Kier molecular flexibility index (Phi) is 5.91. The van der Waals surface area contributed by atoms with Gasteiger partial charge in [0.1, 0.15) is 6.73 Å². The molecule has 0 radical (unpaired) electrons. The van der Waals surface area contributed by atoms with Gasteiger partial charge in [-0.15, -0.1) is 0 Å². The summed E-state index contributed by atoms with van der Waals surface area (Å²) in [4.78, 5) is 18.8. The molecule has 28 heavy (non-hydrogen) atoms. The number of amides is 1. The first-order chi connectivity index (χ1) is 13.3. The second-order valence-corrected chi connectivity index (χ2v) is 7.98. The number of ether oxygens (including phenoxy) is 1. The third-order valence-electron chi connectivity index (χ3n) is 5.61. The second-order valence-electron chi connectivity index (χ2n) is 7.61. The van der Waals surface area contributed by atoms with Crippen LogP contribution < -0.4 is 4.90 Å². The summed E-state index contributed by atoms with van der Waals surface area (Å²) in [5.74, 6) is -0.0847. The number of nitrogens with zero attached hydrogens (tertiary/aromatic N) is 3. The molecule has 1 amide bonds. The van der Waals surface area contributed by atoms with Crippen LogP contribution in [0.25, 0.3) is 0 Å². The average Bonchev–Trinajstić information content (AvgIpc) is 2.87. The van der Waals surface area contributed by atoms with E-state index in [1.165, 1.54) is 11.3 Å². The molecule has 1 aromatic carbocycles. The monoisotopic (exact) mass is 399 g/mol. The number of carbonyl (C=O) groups excluding carboxylic acids is 1. The summed E-state index contributed by atoms with van der Waals surface area (Å²) in [6.07, 6.45) is 3.95. The van der Waals surface area contributed by atoms with E-state index in [0.29, 0.717) is 30.5 Å². The van der Waals surface area contributed by atoms with Gasteiger partial charge in [-0.05, 0) is 49.8 Å². The lowest BCUT2D eigenvalue weighted by molar-refractivity contribution is -0.125. The summed E-state index contributed by atoms with van der Waals surface area (Å²) < 4.78 is 5.76. The van der Waals surface area contributed by atoms with Crippen molar-refractivity contribution in [3.05, 3.63) is 53.3 Å². The molecule has 3 rings (SSSR count). The van der Waals surface area contributed by atoms with Gasteiger partial charge in [0.05, 0.1) is 6.61 Å². The van der Waals surface area contributed by atoms with Gasteiger partial charge in [0, 0.05) is 42.5 Å². The molecule has 2 aliphatic heterocycles. The smallest absolute Gasteiger partial charge is 0.258 e. The van der Waals surface area contributed by atoms with Crippen LogP contribution in [0.5, 0.6) is 0 Å². The van der Waals surface area contributed by atoms with Crippen molar-refractivity contribution in [2.45, 2.75) is 33.1 Å². The standard InChI is InChI=1S/C22H29N3O2S/c1-6-24-15-27-14-16(20(26)25(7-2)21(24)28)12-13-19-22(3,4)17-10-8-9-11-18(17)23(19)5/h8-13H,6-7,14-15H2,1-5H3/b16-12-,19-13-. The van der Waals surface area contributed by atoms with Gasteiger partial charge in [-0.2, -0.15) is 0 Å². The van der Waals surface area contributed by atoms with Crippen LogP contribution in [-0.2, 0) is 14.9 Å². The normalized spacial score (nSPS) is 22.7. The number of likely N-dealkylation sites (N-methyl/N-ethyl adjacent to an activating group) is 2. The summed E-state index contributed by atoms with van der Waals surface area (Å²) in [5.41, 5.74) is 4.13. The lowest BCUT2D eigenvalue weighted by Gasteiger charge is -2.33. The molecule has 0 aromatic heterocycles. The van der Waals surface area contributed by atoms with E-state index < -0.39 is 0 Å². The van der Waals surface area contributed by atoms with Crippen LogP contribution in [0, 0.1) is 0 Å². The molecule has 0 saturated carbocycles. The van der Waals surface area contributed by atoms with Crippen LogP contribution in [0.4, 0.5) is 5.69 Å². The van der Waals surface area contributed by atoms with Crippen LogP contribution in [0.2, 0.25) is 0 Å². The third kappa shape index (κ3) is 3.47. The number of thiocarbonyl (C=S) groups is 1. The maximum absolute atomic E-state index is 13.1. The van der Waals surface area contributed by atoms with Gasteiger partial charge in [0.15, 0.2) is 5.11 Å². The maximum Gasteiger partial charge on any atom is 0.258 e. The summed E-state index contributed by atoms with van der Waals surface area (Å²) in [6, 6.07) is 8.42. The number of rotatable bonds is 3. The van der Waals surface area contributed by atoms with E-state index >= 15 is 0 Å². The van der Waals surface area contributed by atoms with Crippen molar-refractivity contribution in [2.75, 3.05) is 38.4 Å². The van der Waals surface area contributed by atoms with Crippen molar-refractivity contribution in [1.82, 2.24) is 9.80 Å². The van der Waals surface area contributed by atoms with Crippen LogP contribution in [-0.4, -0.2) is 54.3 Å². The van der Waals surface area contributed by atoms with Crippen LogP contribution >= 0.6 is 12.2 Å². The van der Waals surface area contributed by atoms with Gasteiger partial charge in [-0.3, -0.25) is 9.69 Å². The molecule has 6 heteroatoms. The maximum atomic E-state index is 13.1. The fourth-order valence-corrected chi connectivity index (χ4v) is 4.31. The quantitative estimate of drug-likeness (QED) is 0.573. The van der Waals surface area contributed by atoms with E-state index in [1.54, 1.807) is 4.90 Å². The van der Waals surface area contributed by atoms with Crippen molar-refractivity contribution in [2.24, 2.45) is 0 Å². The molecule has 0 bridgehead atoms. The first-order valence-electron chi connectivity index (χ1n) is 9.76. The zero-order valence-corrected chi connectivity index (χ0v) is 18.2. The van der Waals surface area contributed by atoms with E-state index in [2.05, 4.69) is 50.1 Å². The number of hydrogen-bond donors (Lipinski definition) is 0. The largest absolute Gasteiger partial charge is 0.356 e. The molecule has 0 aliphatic carbocycles. The minimum atomic E-state index is -0.132. The number of fused-ring (bicyclic) bond motifs is 1. The molecular weight excluding hydrogens is 370 g/mol. The predicted octanol–water partition coefficient (Wildman–Crippen LogP) is 3.67. The highest BCUT2D eigenvalue weighted by molar-refractivity contribution is 7.80. The average molecular weight is 400 g/mol. The highest BCUT2D eigenvalue weighted by Crippen LogP contribution is 2.46. The third-order valence-corrected chi connectivity index (χ3v) is 6.09. The molecule has 1 fully saturated rings. The Bertz CT molecular complexity index is 844. The number of hydrogen-bond acceptors (Lipinski definition) is 4. The number of allylic oxidation sites excluding steroid dienone is 3. The highest BCUT2D eigenvalue weighted by Gasteiger charge is 2.38. The molecule has 150 valence electrons. The molecule has 0 atom stereocenters. The molecule has 1 saturated heterocycles. The Morgan fingerprint density at radius 1 is 1.18 bits per heavy atom. The number of anilines is 1. The number of para-hydroxylation sites is 1. The Balaban J connectivity index is 1.95. The van der Waals surface area contributed by atoms with Crippen molar-refractivity contribution in [3.63, 3.8) is 0 Å². The van der Waals surface area contributed by atoms with Gasteiger partial charge < -0.3 is 14.5 Å². The minimum Gasteiger partial charge on any atom is -0.356 e. The Labute approximate surface area is 173 Å². The van der Waals surface area contributed by atoms with Crippen LogP contribution in [0.1, 0.15) is 33.3 Å². The molecule has 0 spiro atoms. The molecule has 0 unspecified atom stereocenters. The van der Waals surface area contributed by atoms with Crippen LogP contribution in [0.15, 0.2) is 47.7 Å². The zero-order chi connectivity index (χ0) is 20.5. The van der Waals surface area contributed by atoms with Gasteiger partial charge in [-0.25, -0.2) is 0 Å². The SMILES string of the molecule is CCN1COC/C(=C/C=C2\N(C)c3ccccc3C2(C)C)C(=O)N(CC)C1=S. The van der Waals surface area contributed by atoms with Gasteiger partial charge in [-0.1, -0.05) is 32.0 Å². The molecule has 2 aliphatic rings. The van der Waals surface area contributed by atoms with Crippen molar-refractivity contribution in [1.29, 1.82) is 0 Å². The fraction of sp³-hybridized carbons (Fsp3) is 0.455. The van der Waals surface area contributed by atoms with E-state index in [9.17, 15) is 4.79 Å². The van der Waals surface area contributed by atoms with Crippen molar-refractivity contribution < 1.29 is 9.53 Å². The molecule has 0 N–H and O–H groups in total. The first kappa shape index (κ1) is 20.6. The lowest BCUT2D eigenvalue weighted by Crippen LogP contribution is -2.49. The summed E-state index contributed by atoms with van der Waals surface area (Å²) in [6.45, 7) is 10.3. The Morgan fingerprint density at radius 2 is 1.89 bits per heavy atom. The zero-order valence-electron chi connectivity index (χ0n) is 17.4. The van der Waals surface area contributed by atoms with E-state index in [0.717, 1.165) is 5.70 Å². The van der Waals surface area contributed by atoms with E-state index in [4.69, 9.17) is 17.0 Å². The van der Waals surface area contributed by atoms with Crippen molar-refractivity contribution in [3.8, 4) is 0 Å². The summed E-state index contributed by atoms with van der Waals surface area (Å²) in [5, 5.41) is 0.527. The van der Waals surface area contributed by atoms with Crippen LogP contribution in [0.3, 0.4) is 0 Å². The Hall–Kier alpha value is -2.18. The number of carbonyl (C=O) groups is 1. The van der Waals surface area contributed by atoms with Crippen molar-refractivity contribution >= 4 is 28.9 Å². The van der Waals surface area contributed by atoms with Gasteiger partial charge >= 0.3 is 0 Å². The molecule has 1 aromatic rings. The van der Waals surface area contributed by atoms with E-state index in [1.807, 2.05) is 30.9 Å².